The molecule has 0 bridgehead atoms. The number of fused-ring (bicyclic) bond motifs is 1. The quantitative estimate of drug-likeness (QED) is 0.677. The van der Waals surface area contributed by atoms with Gasteiger partial charge in [-0.1, -0.05) is 6.92 Å². The van der Waals surface area contributed by atoms with Gasteiger partial charge in [0, 0.05) is 43.6 Å². The average Bonchev–Trinajstić information content (AvgIpc) is 3.50. The first-order valence-corrected chi connectivity index (χ1v) is 13.1. The van der Waals surface area contributed by atoms with Gasteiger partial charge in [0.2, 0.25) is 5.91 Å². The van der Waals surface area contributed by atoms with Crippen molar-refractivity contribution in [3.63, 3.8) is 0 Å². The normalized spacial score (nSPS) is 36.5. The molecule has 2 aliphatic carbocycles. The van der Waals surface area contributed by atoms with Crippen LogP contribution in [0.15, 0.2) is 0 Å². The highest BCUT2D eigenvalue weighted by Crippen LogP contribution is 2.42. The molecule has 186 valence electrons. The minimum Gasteiger partial charge on any atom is -0.447 e. The molecule has 0 aromatic rings. The number of piperazine rings is 1. The third-order valence-corrected chi connectivity index (χ3v) is 8.44. The molecular formula is C25H42N4O4. The second-order valence-corrected chi connectivity index (χ2v) is 12.0. The molecule has 5 rings (SSSR count). The lowest BCUT2D eigenvalue weighted by molar-refractivity contribution is -0.146. The zero-order valence-electron chi connectivity index (χ0n) is 20.8. The van der Waals surface area contributed by atoms with E-state index in [0.717, 1.165) is 65.0 Å². The molecule has 3 heterocycles. The Labute approximate surface area is 198 Å². The Morgan fingerprint density at radius 1 is 1.09 bits per heavy atom. The molecule has 3 aliphatic heterocycles. The molecule has 4 unspecified atom stereocenters. The Bertz CT molecular complexity index is 753. The largest absolute Gasteiger partial charge is 0.447 e. The van der Waals surface area contributed by atoms with Gasteiger partial charge in [0.05, 0.1) is 31.4 Å². The third-order valence-electron chi connectivity index (χ3n) is 8.44. The molecule has 0 radical (unpaired) electrons. The van der Waals surface area contributed by atoms with Crippen molar-refractivity contribution >= 4 is 12.0 Å². The zero-order valence-corrected chi connectivity index (χ0v) is 20.8. The van der Waals surface area contributed by atoms with Crippen LogP contribution in [0, 0.1) is 23.2 Å². The summed E-state index contributed by atoms with van der Waals surface area (Å²) in [5.41, 5.74) is 3.89. The smallest absolute Gasteiger partial charge is 0.410 e. The topological polar surface area (TPSA) is 74.4 Å². The summed E-state index contributed by atoms with van der Waals surface area (Å²) in [4.78, 5) is 30.4. The molecule has 8 nitrogen and oxygen atoms in total. The van der Waals surface area contributed by atoms with Gasteiger partial charge in [0.1, 0.15) is 0 Å². The molecule has 0 aromatic heterocycles. The number of rotatable bonds is 5. The summed E-state index contributed by atoms with van der Waals surface area (Å²) in [5, 5.41) is 2.38. The number of hydrogen-bond donors (Lipinski definition) is 1. The molecule has 5 aliphatic rings. The lowest BCUT2D eigenvalue weighted by Gasteiger charge is -2.54. The van der Waals surface area contributed by atoms with Crippen LogP contribution >= 0.6 is 0 Å². The van der Waals surface area contributed by atoms with Crippen molar-refractivity contribution in [2.75, 3.05) is 39.4 Å². The van der Waals surface area contributed by atoms with Gasteiger partial charge in [-0.25, -0.2) is 9.80 Å². The standard InChI is InChI=1S/C25H42N4O4/c1-16(2)33-24(31)28-11-17(3)29(23(30)18-5-6-18)21-8-7-19(9-22(21)28)20-10-26-27(12-20)13-25(4)14-32-15-25/h16-22,26H,5-15H2,1-4H3/t17-,19?,20?,21?,22?/m0/s1. The second kappa shape index (κ2) is 9.00. The molecular weight excluding hydrogens is 420 g/mol. The lowest BCUT2D eigenvalue weighted by atomic mass is 9.73. The van der Waals surface area contributed by atoms with E-state index in [9.17, 15) is 9.59 Å². The highest BCUT2D eigenvalue weighted by Gasteiger charge is 2.51. The van der Waals surface area contributed by atoms with E-state index >= 15 is 0 Å². The van der Waals surface area contributed by atoms with Crippen molar-refractivity contribution in [3.05, 3.63) is 0 Å². The number of hydrazine groups is 1. The van der Waals surface area contributed by atoms with E-state index in [2.05, 4.69) is 29.2 Å². The lowest BCUT2D eigenvalue weighted by Crippen LogP contribution is -2.67. The van der Waals surface area contributed by atoms with E-state index in [1.54, 1.807) is 0 Å². The monoisotopic (exact) mass is 462 g/mol. The Hall–Kier alpha value is -1.38. The van der Waals surface area contributed by atoms with Crippen LogP contribution in [0.25, 0.3) is 0 Å². The summed E-state index contributed by atoms with van der Waals surface area (Å²) in [6.45, 7) is 13.5. The van der Waals surface area contributed by atoms with Gasteiger partial charge in [-0.2, -0.15) is 0 Å². The molecule has 5 atom stereocenters. The van der Waals surface area contributed by atoms with Crippen LogP contribution in [-0.2, 0) is 14.3 Å². The zero-order chi connectivity index (χ0) is 23.3. The first kappa shape index (κ1) is 23.4. The predicted octanol–water partition coefficient (Wildman–Crippen LogP) is 2.48. The van der Waals surface area contributed by atoms with E-state index in [0.29, 0.717) is 24.3 Å². The number of carbonyl (C=O) groups is 2. The van der Waals surface area contributed by atoms with Gasteiger partial charge < -0.3 is 19.3 Å². The first-order valence-electron chi connectivity index (χ1n) is 13.1. The Morgan fingerprint density at radius 3 is 2.48 bits per heavy atom. The average molecular weight is 463 g/mol. The summed E-state index contributed by atoms with van der Waals surface area (Å²) < 4.78 is 11.1. The highest BCUT2D eigenvalue weighted by atomic mass is 16.6. The summed E-state index contributed by atoms with van der Waals surface area (Å²) >= 11 is 0. The predicted molar refractivity (Wildman–Crippen MR) is 124 cm³/mol. The molecule has 2 amide bonds. The number of nitrogens with one attached hydrogen (secondary N) is 1. The summed E-state index contributed by atoms with van der Waals surface area (Å²) in [6, 6.07) is 0.222. The van der Waals surface area contributed by atoms with E-state index in [1.165, 1.54) is 0 Å². The van der Waals surface area contributed by atoms with Gasteiger partial charge in [-0.15, -0.1) is 0 Å². The van der Waals surface area contributed by atoms with Crippen LogP contribution in [0.1, 0.15) is 59.8 Å². The molecule has 0 aromatic carbocycles. The molecule has 5 fully saturated rings. The fourth-order valence-corrected chi connectivity index (χ4v) is 6.58. The Balaban J connectivity index is 1.29. The number of hydrogen-bond acceptors (Lipinski definition) is 6. The van der Waals surface area contributed by atoms with Gasteiger partial charge in [-0.05, 0) is 64.7 Å². The van der Waals surface area contributed by atoms with Crippen LogP contribution in [0.5, 0.6) is 0 Å². The van der Waals surface area contributed by atoms with Crippen LogP contribution in [0.4, 0.5) is 4.79 Å². The molecule has 8 heteroatoms. The Kier molecular flexibility index (Phi) is 6.38. The SMILES string of the molecule is CC(C)OC(=O)N1C[C@H](C)N(C(=O)C2CC2)C2CCC(C3CNN(CC4(C)COC4)C3)CC21. The molecule has 3 saturated heterocycles. The van der Waals surface area contributed by atoms with Crippen molar-refractivity contribution in [1.82, 2.24) is 20.2 Å². The molecule has 33 heavy (non-hydrogen) atoms. The fourth-order valence-electron chi connectivity index (χ4n) is 6.58. The van der Waals surface area contributed by atoms with Gasteiger partial charge in [0.25, 0.3) is 0 Å². The molecule has 2 saturated carbocycles. The summed E-state index contributed by atoms with van der Waals surface area (Å²) in [5.74, 6) is 1.65. The molecule has 1 N–H and O–H groups in total. The third kappa shape index (κ3) is 4.76. The minimum atomic E-state index is -0.213. The van der Waals surface area contributed by atoms with Crippen molar-refractivity contribution < 1.29 is 19.1 Å². The fraction of sp³-hybridized carbons (Fsp3) is 0.920. The number of ether oxygens (including phenoxy) is 2. The van der Waals surface area contributed by atoms with Gasteiger partial charge in [0.15, 0.2) is 0 Å². The highest BCUT2D eigenvalue weighted by molar-refractivity contribution is 5.82. The van der Waals surface area contributed by atoms with Crippen molar-refractivity contribution in [2.45, 2.75) is 84.0 Å². The van der Waals surface area contributed by atoms with Crippen LogP contribution in [-0.4, -0.2) is 90.4 Å². The molecule has 0 spiro atoms. The second-order valence-electron chi connectivity index (χ2n) is 12.0. The maximum atomic E-state index is 13.2. The maximum absolute atomic E-state index is 13.2. The van der Waals surface area contributed by atoms with E-state index in [1.807, 2.05) is 18.7 Å². The van der Waals surface area contributed by atoms with Crippen molar-refractivity contribution in [3.8, 4) is 0 Å². The van der Waals surface area contributed by atoms with Crippen LogP contribution in [0.2, 0.25) is 0 Å². The first-order chi connectivity index (χ1) is 15.7. The van der Waals surface area contributed by atoms with E-state index in [4.69, 9.17) is 9.47 Å². The number of carbonyl (C=O) groups excluding carboxylic acids is 2. The maximum Gasteiger partial charge on any atom is 0.410 e. The van der Waals surface area contributed by atoms with Gasteiger partial charge >= 0.3 is 6.09 Å². The van der Waals surface area contributed by atoms with Gasteiger partial charge in [-0.3, -0.25) is 10.2 Å². The summed E-state index contributed by atoms with van der Waals surface area (Å²) in [7, 11) is 0. The van der Waals surface area contributed by atoms with Crippen molar-refractivity contribution in [2.24, 2.45) is 23.2 Å². The van der Waals surface area contributed by atoms with E-state index < -0.39 is 0 Å². The minimum absolute atomic E-state index is 0.0460. The number of amides is 2. The van der Waals surface area contributed by atoms with Crippen LogP contribution in [0.3, 0.4) is 0 Å². The van der Waals surface area contributed by atoms with E-state index in [-0.39, 0.29) is 41.7 Å². The van der Waals surface area contributed by atoms with Crippen LogP contribution < -0.4 is 5.43 Å². The Morgan fingerprint density at radius 2 is 1.85 bits per heavy atom. The summed E-state index contributed by atoms with van der Waals surface area (Å²) in [6.07, 6.45) is 4.75. The number of nitrogens with zero attached hydrogens (tertiary/aromatic N) is 3. The van der Waals surface area contributed by atoms with Crippen molar-refractivity contribution in [1.29, 1.82) is 0 Å².